The maximum absolute atomic E-state index is 2.77. The van der Waals surface area contributed by atoms with E-state index in [9.17, 15) is 0 Å². The lowest BCUT2D eigenvalue weighted by molar-refractivity contribution is -0.0794. The van der Waals surface area contributed by atoms with Crippen LogP contribution in [0.2, 0.25) is 0 Å². The Labute approximate surface area is 125 Å². The second-order valence-electron chi connectivity index (χ2n) is 7.85. The summed E-state index contributed by atoms with van der Waals surface area (Å²) in [6, 6.07) is 3.31. The lowest BCUT2D eigenvalue weighted by atomic mass is 9.72. The molecule has 2 unspecified atom stereocenters. The van der Waals surface area contributed by atoms with Gasteiger partial charge in [0.15, 0.2) is 0 Å². The topological polar surface area (TPSA) is 9.72 Å². The van der Waals surface area contributed by atoms with Crippen LogP contribution < -0.4 is 0 Å². The van der Waals surface area contributed by atoms with Crippen molar-refractivity contribution in [2.75, 3.05) is 32.7 Å². The van der Waals surface area contributed by atoms with Crippen molar-refractivity contribution in [3.8, 4) is 0 Å². The van der Waals surface area contributed by atoms with Crippen molar-refractivity contribution in [3.05, 3.63) is 0 Å². The van der Waals surface area contributed by atoms with Gasteiger partial charge in [-0.2, -0.15) is 0 Å². The molecule has 3 aliphatic heterocycles. The maximum Gasteiger partial charge on any atom is 0.0119 e. The van der Waals surface area contributed by atoms with E-state index >= 15 is 0 Å². The fourth-order valence-electron chi connectivity index (χ4n) is 4.84. The number of piperidine rings is 1. The minimum atomic E-state index is 0.721. The molecule has 0 aromatic heterocycles. The molecule has 0 aromatic rings. The first-order chi connectivity index (χ1) is 9.54. The zero-order chi connectivity index (χ0) is 14.3. The van der Waals surface area contributed by atoms with Gasteiger partial charge in [0.1, 0.15) is 0 Å². The number of rotatable bonds is 4. The molecule has 0 radical (unpaired) electrons. The summed E-state index contributed by atoms with van der Waals surface area (Å²) in [4.78, 5) is 8.12. The first-order valence-corrected chi connectivity index (χ1v) is 8.78. The monoisotopic (exact) mass is 279 g/mol. The molecule has 1 aliphatic carbocycles. The van der Waals surface area contributed by atoms with Gasteiger partial charge in [-0.05, 0) is 52.9 Å². The number of fused-ring (bicyclic) bond motifs is 2. The van der Waals surface area contributed by atoms with Crippen LogP contribution >= 0.6 is 0 Å². The minimum Gasteiger partial charge on any atom is -0.301 e. The van der Waals surface area contributed by atoms with Crippen LogP contribution in [0.15, 0.2) is 0 Å². The number of hydrogen-bond donors (Lipinski definition) is 0. The highest BCUT2D eigenvalue weighted by molar-refractivity contribution is 5.01. The summed E-state index contributed by atoms with van der Waals surface area (Å²) in [7, 11) is 0. The molecular weight excluding hydrogens is 246 g/mol. The molecular formula is C17H33N3. The van der Waals surface area contributed by atoms with E-state index in [1.165, 1.54) is 52.0 Å². The first kappa shape index (κ1) is 14.8. The predicted molar refractivity (Wildman–Crippen MR) is 85.0 cm³/mol. The van der Waals surface area contributed by atoms with Crippen LogP contribution in [0.25, 0.3) is 0 Å². The van der Waals surface area contributed by atoms with Crippen LogP contribution in [-0.4, -0.2) is 71.6 Å². The lowest BCUT2D eigenvalue weighted by Crippen LogP contribution is -2.64. The van der Waals surface area contributed by atoms with E-state index in [-0.39, 0.29) is 0 Å². The fourth-order valence-corrected chi connectivity index (χ4v) is 4.84. The minimum absolute atomic E-state index is 0.721. The predicted octanol–water partition coefficient (Wildman–Crippen LogP) is 2.27. The van der Waals surface area contributed by atoms with Gasteiger partial charge in [-0.1, -0.05) is 0 Å². The van der Waals surface area contributed by atoms with Crippen molar-refractivity contribution in [3.63, 3.8) is 0 Å². The molecule has 3 heterocycles. The van der Waals surface area contributed by atoms with Gasteiger partial charge in [0.25, 0.3) is 0 Å². The van der Waals surface area contributed by atoms with Crippen LogP contribution in [0.1, 0.15) is 47.0 Å². The normalized spacial score (nSPS) is 36.6. The molecule has 0 spiro atoms. The SMILES string of the molecule is CC(C)N1CCN(CC2CC3CC(C2)N3C(C)C)CC1. The van der Waals surface area contributed by atoms with Gasteiger partial charge in [-0.3, -0.25) is 9.80 Å². The second-order valence-corrected chi connectivity index (χ2v) is 7.85. The van der Waals surface area contributed by atoms with Crippen LogP contribution in [0, 0.1) is 5.92 Å². The molecule has 0 aromatic carbocycles. The van der Waals surface area contributed by atoms with Crippen molar-refractivity contribution < 1.29 is 0 Å². The third-order valence-corrected chi connectivity index (χ3v) is 5.85. The largest absolute Gasteiger partial charge is 0.301 e. The average molecular weight is 279 g/mol. The molecule has 20 heavy (non-hydrogen) atoms. The van der Waals surface area contributed by atoms with E-state index in [4.69, 9.17) is 0 Å². The molecule has 0 N–H and O–H groups in total. The van der Waals surface area contributed by atoms with Crippen molar-refractivity contribution in [2.45, 2.75) is 71.1 Å². The van der Waals surface area contributed by atoms with E-state index in [0.29, 0.717) is 0 Å². The van der Waals surface area contributed by atoms with Crippen LogP contribution in [0.3, 0.4) is 0 Å². The number of nitrogens with zero attached hydrogens (tertiary/aromatic N) is 3. The van der Waals surface area contributed by atoms with E-state index in [1.54, 1.807) is 0 Å². The Morgan fingerprint density at radius 3 is 1.90 bits per heavy atom. The molecule has 3 heteroatoms. The van der Waals surface area contributed by atoms with Crippen molar-refractivity contribution >= 4 is 0 Å². The smallest absolute Gasteiger partial charge is 0.0119 e. The Morgan fingerprint density at radius 2 is 1.40 bits per heavy atom. The van der Waals surface area contributed by atoms with Gasteiger partial charge in [-0.25, -0.2) is 0 Å². The summed E-state index contributed by atoms with van der Waals surface area (Å²) in [5, 5.41) is 0. The number of piperazine rings is 1. The molecule has 116 valence electrons. The summed E-state index contributed by atoms with van der Waals surface area (Å²) in [6.45, 7) is 15.9. The van der Waals surface area contributed by atoms with Crippen LogP contribution in [0.4, 0.5) is 0 Å². The summed E-state index contributed by atoms with van der Waals surface area (Å²) < 4.78 is 0. The molecule has 4 rings (SSSR count). The Morgan fingerprint density at radius 1 is 0.800 bits per heavy atom. The van der Waals surface area contributed by atoms with Gasteiger partial charge in [0.05, 0.1) is 0 Å². The highest BCUT2D eigenvalue weighted by Crippen LogP contribution is 2.42. The summed E-state index contributed by atoms with van der Waals surface area (Å²) in [5.74, 6) is 0.972. The summed E-state index contributed by atoms with van der Waals surface area (Å²) in [5.41, 5.74) is 0. The summed E-state index contributed by atoms with van der Waals surface area (Å²) in [6.07, 6.45) is 4.40. The van der Waals surface area contributed by atoms with Gasteiger partial charge < -0.3 is 4.90 Å². The molecule has 1 saturated carbocycles. The van der Waals surface area contributed by atoms with E-state index < -0.39 is 0 Å². The Hall–Kier alpha value is -0.120. The molecule has 2 atom stereocenters. The highest BCUT2D eigenvalue weighted by atomic mass is 15.3. The maximum atomic E-state index is 2.77. The molecule has 3 saturated heterocycles. The van der Waals surface area contributed by atoms with Crippen molar-refractivity contribution in [1.29, 1.82) is 0 Å². The standard InChI is InChI=1S/C17H33N3/c1-13(2)19-7-5-18(6-8-19)12-15-9-16-11-17(10-15)20(16)14(3)4/h13-17H,5-12H2,1-4H3. The van der Waals surface area contributed by atoms with Gasteiger partial charge in [0.2, 0.25) is 0 Å². The van der Waals surface area contributed by atoms with Crippen LogP contribution in [0.5, 0.6) is 0 Å². The number of hydrogen-bond acceptors (Lipinski definition) is 3. The Kier molecular flexibility index (Phi) is 4.40. The van der Waals surface area contributed by atoms with Crippen molar-refractivity contribution in [1.82, 2.24) is 14.7 Å². The van der Waals surface area contributed by atoms with E-state index in [2.05, 4.69) is 42.4 Å². The van der Waals surface area contributed by atoms with Gasteiger partial charge in [0, 0.05) is 56.9 Å². The zero-order valence-corrected chi connectivity index (χ0v) is 13.9. The third-order valence-electron chi connectivity index (χ3n) is 5.85. The lowest BCUT2D eigenvalue weighted by Gasteiger charge is -2.58. The quantitative estimate of drug-likeness (QED) is 0.782. The average Bonchev–Trinajstić information content (AvgIpc) is 2.38. The molecule has 4 fully saturated rings. The van der Waals surface area contributed by atoms with Gasteiger partial charge >= 0.3 is 0 Å². The zero-order valence-electron chi connectivity index (χ0n) is 13.9. The molecule has 2 bridgehead atoms. The van der Waals surface area contributed by atoms with Gasteiger partial charge in [-0.15, -0.1) is 0 Å². The first-order valence-electron chi connectivity index (χ1n) is 8.78. The Balaban J connectivity index is 1.43. The Bertz CT molecular complexity index is 308. The van der Waals surface area contributed by atoms with E-state index in [1.807, 2.05) is 0 Å². The molecule has 0 amide bonds. The molecule has 3 nitrogen and oxygen atoms in total. The molecule has 4 aliphatic rings. The second kappa shape index (κ2) is 5.94. The fraction of sp³-hybridized carbons (Fsp3) is 1.00. The third kappa shape index (κ3) is 2.90. The van der Waals surface area contributed by atoms with Crippen molar-refractivity contribution in [2.24, 2.45) is 5.92 Å². The van der Waals surface area contributed by atoms with Crippen LogP contribution in [-0.2, 0) is 0 Å². The van der Waals surface area contributed by atoms with E-state index in [0.717, 1.165) is 30.1 Å². The summed E-state index contributed by atoms with van der Waals surface area (Å²) >= 11 is 0. The highest BCUT2D eigenvalue weighted by Gasteiger charge is 2.46.